The average Bonchev–Trinajstić information content (AvgIpc) is 2.59. The molecular formula is C19H14ClNO2. The van der Waals surface area contributed by atoms with Crippen LogP contribution in [0.1, 0.15) is 5.56 Å². The fourth-order valence-electron chi connectivity index (χ4n) is 2.35. The lowest BCUT2D eigenvalue weighted by molar-refractivity contribution is 0.217. The van der Waals surface area contributed by atoms with E-state index in [1.165, 1.54) is 0 Å². The van der Waals surface area contributed by atoms with Gasteiger partial charge >= 0.3 is 0 Å². The Balaban J connectivity index is 1.68. The standard InChI is InChI=1S/C19H14ClNO2/c20-17-7-3-4-8-19(17)23-12-11-22-18-10-9-14-5-1-2-6-15(14)16(18)13-21/h1-10H,11-12H2. The van der Waals surface area contributed by atoms with Crippen LogP contribution in [0.25, 0.3) is 10.8 Å². The summed E-state index contributed by atoms with van der Waals surface area (Å²) in [6.07, 6.45) is 0. The van der Waals surface area contributed by atoms with Gasteiger partial charge in [0, 0.05) is 5.39 Å². The molecule has 0 radical (unpaired) electrons. The van der Waals surface area contributed by atoms with E-state index >= 15 is 0 Å². The Bertz CT molecular complexity index is 871. The van der Waals surface area contributed by atoms with E-state index in [9.17, 15) is 5.26 Å². The maximum absolute atomic E-state index is 9.41. The van der Waals surface area contributed by atoms with Crippen molar-refractivity contribution in [1.29, 1.82) is 5.26 Å². The van der Waals surface area contributed by atoms with Gasteiger partial charge < -0.3 is 9.47 Å². The minimum absolute atomic E-state index is 0.332. The highest BCUT2D eigenvalue weighted by atomic mass is 35.5. The highest BCUT2D eigenvalue weighted by molar-refractivity contribution is 6.32. The second kappa shape index (κ2) is 7.04. The summed E-state index contributed by atoms with van der Waals surface area (Å²) in [5.41, 5.74) is 0.542. The summed E-state index contributed by atoms with van der Waals surface area (Å²) in [6, 6.07) is 21.0. The van der Waals surface area contributed by atoms with E-state index in [0.29, 0.717) is 35.3 Å². The van der Waals surface area contributed by atoms with Crippen LogP contribution in [0.4, 0.5) is 0 Å². The van der Waals surface area contributed by atoms with E-state index in [2.05, 4.69) is 6.07 Å². The van der Waals surface area contributed by atoms with Gasteiger partial charge in [-0.05, 0) is 23.6 Å². The molecule has 3 rings (SSSR count). The lowest BCUT2D eigenvalue weighted by atomic mass is 10.0. The third kappa shape index (κ3) is 3.39. The molecule has 3 aromatic carbocycles. The molecular weight excluding hydrogens is 310 g/mol. The Morgan fingerprint density at radius 2 is 1.52 bits per heavy atom. The number of ether oxygens (including phenoxy) is 2. The van der Waals surface area contributed by atoms with E-state index in [1.807, 2.05) is 48.5 Å². The zero-order valence-electron chi connectivity index (χ0n) is 12.3. The van der Waals surface area contributed by atoms with E-state index in [1.54, 1.807) is 12.1 Å². The molecule has 0 aromatic heterocycles. The molecule has 0 amide bonds. The monoisotopic (exact) mass is 323 g/mol. The van der Waals surface area contributed by atoms with E-state index in [4.69, 9.17) is 21.1 Å². The maximum Gasteiger partial charge on any atom is 0.138 e. The lowest BCUT2D eigenvalue weighted by Gasteiger charge is -2.11. The van der Waals surface area contributed by atoms with Crippen molar-refractivity contribution in [2.75, 3.05) is 13.2 Å². The Morgan fingerprint density at radius 3 is 2.30 bits per heavy atom. The van der Waals surface area contributed by atoms with Crippen molar-refractivity contribution >= 4 is 22.4 Å². The van der Waals surface area contributed by atoms with Crippen molar-refractivity contribution in [3.8, 4) is 17.6 Å². The summed E-state index contributed by atoms with van der Waals surface area (Å²) in [6.45, 7) is 0.680. The summed E-state index contributed by atoms with van der Waals surface area (Å²) in [5.74, 6) is 1.19. The molecule has 0 bridgehead atoms. The predicted molar refractivity (Wildman–Crippen MR) is 91.1 cm³/mol. The lowest BCUT2D eigenvalue weighted by Crippen LogP contribution is -2.10. The number of hydrogen-bond acceptors (Lipinski definition) is 3. The van der Waals surface area contributed by atoms with Crippen molar-refractivity contribution < 1.29 is 9.47 Å². The predicted octanol–water partition coefficient (Wildman–Crippen LogP) is 4.82. The molecule has 0 aliphatic heterocycles. The smallest absolute Gasteiger partial charge is 0.138 e. The Kier molecular flexibility index (Phi) is 4.65. The third-order valence-corrected chi connectivity index (χ3v) is 3.75. The van der Waals surface area contributed by atoms with E-state index in [-0.39, 0.29) is 0 Å². The molecule has 0 aliphatic rings. The quantitative estimate of drug-likeness (QED) is 0.632. The molecule has 0 aliphatic carbocycles. The van der Waals surface area contributed by atoms with E-state index in [0.717, 1.165) is 10.8 Å². The van der Waals surface area contributed by atoms with Gasteiger partial charge in [0.2, 0.25) is 0 Å². The molecule has 0 fully saturated rings. The number of para-hydroxylation sites is 1. The Morgan fingerprint density at radius 1 is 0.826 bits per heavy atom. The normalized spacial score (nSPS) is 10.3. The number of benzene rings is 3. The topological polar surface area (TPSA) is 42.2 Å². The van der Waals surface area contributed by atoms with Crippen molar-refractivity contribution in [1.82, 2.24) is 0 Å². The minimum Gasteiger partial charge on any atom is -0.489 e. The molecule has 3 nitrogen and oxygen atoms in total. The number of rotatable bonds is 5. The zero-order valence-corrected chi connectivity index (χ0v) is 13.1. The summed E-state index contributed by atoms with van der Waals surface area (Å²) in [7, 11) is 0. The number of nitriles is 1. The van der Waals surface area contributed by atoms with Gasteiger partial charge in [-0.2, -0.15) is 5.26 Å². The molecule has 3 aromatic rings. The number of nitrogens with zero attached hydrogens (tertiary/aromatic N) is 1. The number of hydrogen-bond donors (Lipinski definition) is 0. The summed E-state index contributed by atoms with van der Waals surface area (Å²) in [4.78, 5) is 0. The van der Waals surface area contributed by atoms with Gasteiger partial charge in [-0.1, -0.05) is 54.1 Å². The van der Waals surface area contributed by atoms with E-state index < -0.39 is 0 Å². The maximum atomic E-state index is 9.41. The van der Waals surface area contributed by atoms with Crippen LogP contribution in [0.15, 0.2) is 60.7 Å². The fraction of sp³-hybridized carbons (Fsp3) is 0.105. The van der Waals surface area contributed by atoms with Gasteiger partial charge in [0.25, 0.3) is 0 Å². The Hall–Kier alpha value is -2.70. The average molecular weight is 324 g/mol. The second-order valence-electron chi connectivity index (χ2n) is 4.90. The molecule has 0 atom stereocenters. The van der Waals surface area contributed by atoms with Crippen LogP contribution in [0.3, 0.4) is 0 Å². The van der Waals surface area contributed by atoms with Gasteiger partial charge in [-0.3, -0.25) is 0 Å². The first-order valence-electron chi connectivity index (χ1n) is 7.21. The zero-order chi connectivity index (χ0) is 16.1. The first-order chi connectivity index (χ1) is 11.3. The van der Waals surface area contributed by atoms with Crippen LogP contribution in [0, 0.1) is 11.3 Å². The molecule has 23 heavy (non-hydrogen) atoms. The highest BCUT2D eigenvalue weighted by Crippen LogP contribution is 2.27. The first-order valence-corrected chi connectivity index (χ1v) is 7.59. The molecule has 0 heterocycles. The fourth-order valence-corrected chi connectivity index (χ4v) is 2.54. The van der Waals surface area contributed by atoms with Crippen LogP contribution in [-0.4, -0.2) is 13.2 Å². The van der Waals surface area contributed by atoms with Crippen molar-refractivity contribution in [2.24, 2.45) is 0 Å². The van der Waals surface area contributed by atoms with Gasteiger partial charge in [0.1, 0.15) is 36.3 Å². The van der Waals surface area contributed by atoms with Gasteiger partial charge in [-0.15, -0.1) is 0 Å². The summed E-state index contributed by atoms with van der Waals surface area (Å²) in [5, 5.41) is 11.9. The van der Waals surface area contributed by atoms with Gasteiger partial charge in [0.15, 0.2) is 0 Å². The third-order valence-electron chi connectivity index (χ3n) is 3.44. The molecule has 0 N–H and O–H groups in total. The SMILES string of the molecule is N#Cc1c(OCCOc2ccccc2Cl)ccc2ccccc12. The molecule has 0 saturated carbocycles. The Labute approximate surface area is 139 Å². The van der Waals surface area contributed by atoms with Crippen LogP contribution < -0.4 is 9.47 Å². The largest absolute Gasteiger partial charge is 0.489 e. The number of fused-ring (bicyclic) bond motifs is 1. The molecule has 0 spiro atoms. The van der Waals surface area contributed by atoms with Gasteiger partial charge in [0.05, 0.1) is 5.02 Å². The summed E-state index contributed by atoms with van der Waals surface area (Å²) >= 11 is 6.02. The first kappa shape index (κ1) is 15.2. The van der Waals surface area contributed by atoms with Crippen LogP contribution in [0.2, 0.25) is 5.02 Å². The minimum atomic E-state index is 0.332. The van der Waals surface area contributed by atoms with Crippen LogP contribution in [-0.2, 0) is 0 Å². The van der Waals surface area contributed by atoms with Gasteiger partial charge in [-0.25, -0.2) is 0 Å². The molecule has 114 valence electrons. The second-order valence-corrected chi connectivity index (χ2v) is 5.31. The number of halogens is 1. The summed E-state index contributed by atoms with van der Waals surface area (Å²) < 4.78 is 11.3. The van der Waals surface area contributed by atoms with Crippen LogP contribution in [0.5, 0.6) is 11.5 Å². The molecule has 0 saturated heterocycles. The molecule has 0 unspecified atom stereocenters. The van der Waals surface area contributed by atoms with Crippen molar-refractivity contribution in [3.63, 3.8) is 0 Å². The van der Waals surface area contributed by atoms with Crippen LogP contribution >= 0.6 is 11.6 Å². The highest BCUT2D eigenvalue weighted by Gasteiger charge is 2.08. The van der Waals surface area contributed by atoms with Crippen molar-refractivity contribution in [2.45, 2.75) is 0 Å². The van der Waals surface area contributed by atoms with Crippen molar-refractivity contribution in [3.05, 3.63) is 71.2 Å². The molecule has 4 heteroatoms.